The Labute approximate surface area is 149 Å². The maximum absolute atomic E-state index is 11.3. The van der Waals surface area contributed by atoms with E-state index in [2.05, 4.69) is 32.6 Å². The smallest absolute Gasteiger partial charge is 0.248 e. The standard InChI is InChI=1S/C19H29N3OS/c1-12(2)8-16-11-24-19(22(16)10-13(3)4)21-17-7-6-15(18(20)23)9-14(17)5/h6-7,9,12-13,16H,8,10-11H2,1-5H3,(H2,20,23)/b21-19-/t16-/m0/s1. The predicted molar refractivity (Wildman–Crippen MR) is 104 cm³/mol. The van der Waals surface area contributed by atoms with Crippen LogP contribution in [0.5, 0.6) is 0 Å². The quantitative estimate of drug-likeness (QED) is 0.839. The van der Waals surface area contributed by atoms with E-state index in [-0.39, 0.29) is 0 Å². The number of hydrogen-bond donors (Lipinski definition) is 1. The molecule has 1 amide bonds. The molecule has 4 nitrogen and oxygen atoms in total. The lowest BCUT2D eigenvalue weighted by Crippen LogP contribution is -2.37. The summed E-state index contributed by atoms with van der Waals surface area (Å²) in [6.07, 6.45) is 1.19. The zero-order chi connectivity index (χ0) is 17.9. The largest absolute Gasteiger partial charge is 0.366 e. The zero-order valence-corrected chi connectivity index (χ0v) is 16.2. The van der Waals surface area contributed by atoms with Gasteiger partial charge in [-0.05, 0) is 48.9 Å². The van der Waals surface area contributed by atoms with Gasteiger partial charge < -0.3 is 10.6 Å². The molecule has 1 aromatic rings. The second-order valence-electron chi connectivity index (χ2n) is 7.40. The topological polar surface area (TPSA) is 58.7 Å². The summed E-state index contributed by atoms with van der Waals surface area (Å²) in [6.45, 7) is 12.1. The van der Waals surface area contributed by atoms with Crippen molar-refractivity contribution in [1.82, 2.24) is 4.90 Å². The van der Waals surface area contributed by atoms with Crippen LogP contribution in [0.2, 0.25) is 0 Å². The molecule has 0 saturated carbocycles. The fraction of sp³-hybridized carbons (Fsp3) is 0.579. The van der Waals surface area contributed by atoms with Crippen molar-refractivity contribution >= 4 is 28.5 Å². The fourth-order valence-electron chi connectivity index (χ4n) is 2.99. The lowest BCUT2D eigenvalue weighted by atomic mass is 10.0. The van der Waals surface area contributed by atoms with Gasteiger partial charge in [-0.25, -0.2) is 4.99 Å². The van der Waals surface area contributed by atoms with E-state index >= 15 is 0 Å². The molecule has 1 aromatic carbocycles. The van der Waals surface area contributed by atoms with Gasteiger partial charge in [0.1, 0.15) is 0 Å². The summed E-state index contributed by atoms with van der Waals surface area (Å²) >= 11 is 1.84. The van der Waals surface area contributed by atoms with E-state index in [1.54, 1.807) is 6.07 Å². The Morgan fingerprint density at radius 2 is 2.04 bits per heavy atom. The Morgan fingerprint density at radius 3 is 2.58 bits per heavy atom. The zero-order valence-electron chi connectivity index (χ0n) is 15.4. The number of hydrogen-bond acceptors (Lipinski definition) is 3. The number of carbonyl (C=O) groups excluding carboxylic acids is 1. The molecule has 1 heterocycles. The SMILES string of the molecule is Cc1cc(C(N)=O)ccc1/N=C1\SC[C@H](CC(C)C)N1CC(C)C. The third kappa shape index (κ3) is 4.76. The first-order chi connectivity index (χ1) is 11.3. The number of nitrogens with zero attached hydrogens (tertiary/aromatic N) is 2. The van der Waals surface area contributed by atoms with Gasteiger partial charge in [0.2, 0.25) is 5.91 Å². The molecule has 0 radical (unpaired) electrons. The maximum Gasteiger partial charge on any atom is 0.248 e. The molecule has 0 spiro atoms. The summed E-state index contributed by atoms with van der Waals surface area (Å²) in [4.78, 5) is 18.7. The maximum atomic E-state index is 11.3. The van der Waals surface area contributed by atoms with Crippen LogP contribution in [0.15, 0.2) is 23.2 Å². The summed E-state index contributed by atoms with van der Waals surface area (Å²) in [5.41, 5.74) is 7.79. The molecule has 1 aliphatic rings. The van der Waals surface area contributed by atoms with Crippen LogP contribution in [-0.2, 0) is 0 Å². The monoisotopic (exact) mass is 347 g/mol. The molecule has 0 unspecified atom stereocenters. The van der Waals surface area contributed by atoms with Gasteiger partial charge in [-0.2, -0.15) is 0 Å². The van der Waals surface area contributed by atoms with Gasteiger partial charge in [0, 0.05) is 23.9 Å². The van der Waals surface area contributed by atoms with Crippen molar-refractivity contribution in [3.63, 3.8) is 0 Å². The number of aryl methyl sites for hydroxylation is 1. The van der Waals surface area contributed by atoms with Crippen LogP contribution in [0, 0.1) is 18.8 Å². The van der Waals surface area contributed by atoms with Crippen molar-refractivity contribution in [2.24, 2.45) is 22.6 Å². The molecule has 1 fully saturated rings. The lowest BCUT2D eigenvalue weighted by molar-refractivity contribution is 0.1000. The third-order valence-corrected chi connectivity index (χ3v) is 5.23. The molecule has 24 heavy (non-hydrogen) atoms. The van der Waals surface area contributed by atoms with Crippen LogP contribution in [0.1, 0.15) is 50.0 Å². The van der Waals surface area contributed by atoms with E-state index in [1.165, 1.54) is 6.42 Å². The minimum absolute atomic E-state index is 0.397. The molecule has 2 N–H and O–H groups in total. The predicted octanol–water partition coefficient (Wildman–Crippen LogP) is 4.20. The van der Waals surface area contributed by atoms with E-state index < -0.39 is 5.91 Å². The lowest BCUT2D eigenvalue weighted by Gasteiger charge is -2.29. The first-order valence-electron chi connectivity index (χ1n) is 8.66. The molecule has 0 bridgehead atoms. The van der Waals surface area contributed by atoms with E-state index in [0.717, 1.165) is 28.7 Å². The van der Waals surface area contributed by atoms with Gasteiger partial charge >= 0.3 is 0 Å². The number of rotatable bonds is 6. The minimum atomic E-state index is -0.397. The van der Waals surface area contributed by atoms with Gasteiger partial charge in [0.15, 0.2) is 5.17 Å². The highest BCUT2D eigenvalue weighted by molar-refractivity contribution is 8.14. The van der Waals surface area contributed by atoms with E-state index in [9.17, 15) is 4.79 Å². The number of amides is 1. The number of nitrogens with two attached hydrogens (primary N) is 1. The molecule has 1 atom stereocenters. The van der Waals surface area contributed by atoms with Crippen molar-refractivity contribution < 1.29 is 4.79 Å². The van der Waals surface area contributed by atoms with Crippen molar-refractivity contribution in [2.45, 2.75) is 47.1 Å². The normalized spacial score (nSPS) is 19.7. The minimum Gasteiger partial charge on any atom is -0.366 e. The summed E-state index contributed by atoms with van der Waals surface area (Å²) in [7, 11) is 0. The summed E-state index contributed by atoms with van der Waals surface area (Å²) in [6, 6.07) is 6.03. The number of amidine groups is 1. The van der Waals surface area contributed by atoms with E-state index in [4.69, 9.17) is 10.7 Å². The van der Waals surface area contributed by atoms with Gasteiger partial charge in [0.05, 0.1) is 5.69 Å². The van der Waals surface area contributed by atoms with Crippen LogP contribution in [0.4, 0.5) is 5.69 Å². The molecule has 0 aromatic heterocycles. The highest BCUT2D eigenvalue weighted by atomic mass is 32.2. The molecule has 5 heteroatoms. The van der Waals surface area contributed by atoms with Gasteiger partial charge in [0.25, 0.3) is 0 Å². The van der Waals surface area contributed by atoms with Crippen LogP contribution in [0.3, 0.4) is 0 Å². The molecular weight excluding hydrogens is 318 g/mol. The first kappa shape index (κ1) is 18.8. The molecule has 1 aliphatic heterocycles. The molecule has 0 aliphatic carbocycles. The van der Waals surface area contributed by atoms with Crippen LogP contribution in [-0.4, -0.2) is 34.3 Å². The molecule has 2 rings (SSSR count). The summed E-state index contributed by atoms with van der Waals surface area (Å²) in [5, 5.41) is 1.10. The van der Waals surface area contributed by atoms with Crippen LogP contribution >= 0.6 is 11.8 Å². The summed E-state index contributed by atoms with van der Waals surface area (Å²) < 4.78 is 0. The summed E-state index contributed by atoms with van der Waals surface area (Å²) in [5.74, 6) is 1.98. The number of thioether (sulfide) groups is 1. The first-order valence-corrected chi connectivity index (χ1v) is 9.65. The number of carbonyl (C=O) groups is 1. The molecule has 132 valence electrons. The third-order valence-electron chi connectivity index (χ3n) is 4.09. The van der Waals surface area contributed by atoms with E-state index in [0.29, 0.717) is 23.4 Å². The highest BCUT2D eigenvalue weighted by Crippen LogP contribution is 2.32. The highest BCUT2D eigenvalue weighted by Gasteiger charge is 2.31. The average molecular weight is 348 g/mol. The van der Waals surface area contributed by atoms with Gasteiger partial charge in [-0.1, -0.05) is 39.5 Å². The van der Waals surface area contributed by atoms with Crippen LogP contribution in [0.25, 0.3) is 0 Å². The van der Waals surface area contributed by atoms with Crippen LogP contribution < -0.4 is 5.73 Å². The van der Waals surface area contributed by atoms with Crippen molar-refractivity contribution in [3.8, 4) is 0 Å². The van der Waals surface area contributed by atoms with Crippen molar-refractivity contribution in [2.75, 3.05) is 12.3 Å². The second-order valence-corrected chi connectivity index (χ2v) is 8.39. The second kappa shape index (κ2) is 8.06. The average Bonchev–Trinajstić information content (AvgIpc) is 2.82. The Hall–Kier alpha value is -1.49. The Kier molecular flexibility index (Phi) is 6.33. The molecular formula is C19H29N3OS. The molecule has 1 saturated heterocycles. The Morgan fingerprint density at radius 1 is 1.33 bits per heavy atom. The van der Waals surface area contributed by atoms with Crippen molar-refractivity contribution in [1.29, 1.82) is 0 Å². The number of benzene rings is 1. The Bertz CT molecular complexity index is 625. The number of aliphatic imine (C=N–C) groups is 1. The van der Waals surface area contributed by atoms with Gasteiger partial charge in [-0.15, -0.1) is 0 Å². The fourth-order valence-corrected chi connectivity index (χ4v) is 4.20. The number of primary amides is 1. The van der Waals surface area contributed by atoms with Crippen molar-refractivity contribution in [3.05, 3.63) is 29.3 Å². The van der Waals surface area contributed by atoms with E-state index in [1.807, 2.05) is 30.8 Å². The Balaban J connectivity index is 2.28. The van der Waals surface area contributed by atoms with Gasteiger partial charge in [-0.3, -0.25) is 4.79 Å².